The molecule has 1 rings (SSSR count). The van der Waals surface area contributed by atoms with Gasteiger partial charge >= 0.3 is 0 Å². The third-order valence-corrected chi connectivity index (χ3v) is 3.67. The van der Waals surface area contributed by atoms with E-state index in [9.17, 15) is 9.59 Å². The van der Waals surface area contributed by atoms with Crippen LogP contribution >= 0.6 is 11.8 Å². The van der Waals surface area contributed by atoms with Crippen molar-refractivity contribution in [2.75, 3.05) is 12.0 Å². The minimum absolute atomic E-state index is 0.0126. The molecule has 0 aromatic carbocycles. The highest BCUT2D eigenvalue weighted by Gasteiger charge is 2.22. The van der Waals surface area contributed by atoms with Crippen LogP contribution in [-0.4, -0.2) is 33.9 Å². The van der Waals surface area contributed by atoms with E-state index < -0.39 is 0 Å². The van der Waals surface area contributed by atoms with Gasteiger partial charge in [-0.3, -0.25) is 9.59 Å². The number of thioether (sulfide) groups is 1. The van der Waals surface area contributed by atoms with E-state index in [2.05, 4.69) is 15.3 Å². The Bertz CT molecular complexity index is 546. The molecule has 20 heavy (non-hydrogen) atoms. The van der Waals surface area contributed by atoms with E-state index in [1.165, 1.54) is 0 Å². The van der Waals surface area contributed by atoms with Gasteiger partial charge in [-0.25, -0.2) is 4.98 Å². The van der Waals surface area contributed by atoms with E-state index in [1.807, 2.05) is 34.0 Å². The van der Waals surface area contributed by atoms with E-state index in [1.54, 1.807) is 18.7 Å². The van der Waals surface area contributed by atoms with Gasteiger partial charge in [-0.2, -0.15) is 11.8 Å². The molecule has 0 bridgehead atoms. The Balaban J connectivity index is 3.09. The molecule has 1 aromatic heterocycles. The van der Waals surface area contributed by atoms with E-state index in [4.69, 9.17) is 0 Å². The minimum Gasteiger partial charge on any atom is -0.349 e. The average Bonchev–Trinajstić information content (AvgIpc) is 2.26. The van der Waals surface area contributed by atoms with Crippen LogP contribution in [0.3, 0.4) is 0 Å². The summed E-state index contributed by atoms with van der Waals surface area (Å²) in [5.74, 6) is 1.03. The van der Waals surface area contributed by atoms with Crippen molar-refractivity contribution in [1.29, 1.82) is 0 Å². The summed E-state index contributed by atoms with van der Waals surface area (Å²) in [5, 5.41) is 2.82. The first-order valence-electron chi connectivity index (χ1n) is 6.58. The normalized spacial score (nSPS) is 13.1. The van der Waals surface area contributed by atoms with E-state index in [0.29, 0.717) is 11.5 Å². The van der Waals surface area contributed by atoms with Crippen molar-refractivity contribution < 1.29 is 4.79 Å². The van der Waals surface area contributed by atoms with Gasteiger partial charge in [0.05, 0.1) is 5.69 Å². The second-order valence-corrected chi connectivity index (χ2v) is 6.87. The van der Waals surface area contributed by atoms with E-state index >= 15 is 0 Å². The molecule has 2 N–H and O–H groups in total. The first kappa shape index (κ1) is 16.8. The minimum atomic E-state index is -0.378. The molecule has 6 heteroatoms. The van der Waals surface area contributed by atoms with Gasteiger partial charge in [0.2, 0.25) is 0 Å². The van der Waals surface area contributed by atoms with Crippen LogP contribution in [0.1, 0.15) is 49.6 Å². The zero-order valence-corrected chi connectivity index (χ0v) is 13.8. The molecule has 0 saturated heterocycles. The number of nitrogens with one attached hydrogen (secondary N) is 2. The number of rotatable bonds is 4. The molecule has 5 nitrogen and oxygen atoms in total. The van der Waals surface area contributed by atoms with Gasteiger partial charge in [0.1, 0.15) is 11.4 Å². The standard InChI is InChI=1S/C14H23N3O2S/c1-8(7-20-6)15-11(18)10-9(2)16-13(14(3,4)5)17-12(10)19/h8H,7H2,1-6H3,(H,15,18)(H,16,17,19)/t8-/m0/s1. The molecule has 0 aliphatic carbocycles. The van der Waals surface area contributed by atoms with Gasteiger partial charge in [-0.1, -0.05) is 20.8 Å². The molecular formula is C14H23N3O2S. The first-order valence-corrected chi connectivity index (χ1v) is 7.97. The number of amides is 1. The number of hydrogen-bond acceptors (Lipinski definition) is 4. The monoisotopic (exact) mass is 297 g/mol. The fourth-order valence-electron chi connectivity index (χ4n) is 1.80. The molecule has 1 amide bonds. The van der Waals surface area contributed by atoms with Crippen LogP contribution in [0.25, 0.3) is 0 Å². The fourth-order valence-corrected chi connectivity index (χ4v) is 2.38. The van der Waals surface area contributed by atoms with Crippen LogP contribution in [0.15, 0.2) is 4.79 Å². The molecule has 0 spiro atoms. The molecule has 0 fully saturated rings. The number of aryl methyl sites for hydroxylation is 1. The Kier molecular flexibility index (Phi) is 5.39. The lowest BCUT2D eigenvalue weighted by molar-refractivity contribution is 0.0941. The Labute approximate surface area is 124 Å². The lowest BCUT2D eigenvalue weighted by Gasteiger charge is -2.19. The molecule has 112 valence electrons. The number of H-pyrrole nitrogens is 1. The number of aromatic amines is 1. The van der Waals surface area contributed by atoms with Crippen molar-refractivity contribution in [2.45, 2.75) is 46.1 Å². The van der Waals surface area contributed by atoms with E-state index in [-0.39, 0.29) is 28.5 Å². The zero-order valence-electron chi connectivity index (χ0n) is 13.0. The summed E-state index contributed by atoms with van der Waals surface area (Å²) in [6, 6.07) is 0.0126. The Hall–Kier alpha value is -1.30. The maximum Gasteiger partial charge on any atom is 0.264 e. The molecule has 1 atom stereocenters. The number of aromatic nitrogens is 2. The van der Waals surface area contributed by atoms with Crippen LogP contribution in [0.4, 0.5) is 0 Å². The molecule has 1 heterocycles. The lowest BCUT2D eigenvalue weighted by Crippen LogP contribution is -2.39. The van der Waals surface area contributed by atoms with Crippen molar-refractivity contribution in [3.63, 3.8) is 0 Å². The molecule has 0 aliphatic heterocycles. The summed E-state index contributed by atoms with van der Waals surface area (Å²) >= 11 is 1.64. The van der Waals surface area contributed by atoms with Crippen molar-refractivity contribution in [1.82, 2.24) is 15.3 Å². The number of carbonyl (C=O) groups excluding carboxylic acids is 1. The van der Waals surface area contributed by atoms with Gasteiger partial charge in [-0.15, -0.1) is 0 Å². The predicted molar refractivity (Wildman–Crippen MR) is 83.6 cm³/mol. The van der Waals surface area contributed by atoms with Gasteiger partial charge in [0.15, 0.2) is 0 Å². The van der Waals surface area contributed by atoms with Gasteiger partial charge in [0, 0.05) is 17.2 Å². The Morgan fingerprint density at radius 2 is 2.05 bits per heavy atom. The quantitative estimate of drug-likeness (QED) is 0.889. The summed E-state index contributed by atoms with van der Waals surface area (Å²) in [6.07, 6.45) is 1.97. The topological polar surface area (TPSA) is 74.8 Å². The maximum atomic E-state index is 12.2. The van der Waals surface area contributed by atoms with Gasteiger partial charge < -0.3 is 10.3 Å². The van der Waals surface area contributed by atoms with Crippen molar-refractivity contribution in [3.05, 3.63) is 27.4 Å². The lowest BCUT2D eigenvalue weighted by atomic mass is 9.95. The first-order chi connectivity index (χ1) is 9.16. The average molecular weight is 297 g/mol. The Morgan fingerprint density at radius 3 is 2.50 bits per heavy atom. The highest BCUT2D eigenvalue weighted by Crippen LogP contribution is 2.17. The smallest absolute Gasteiger partial charge is 0.264 e. The van der Waals surface area contributed by atoms with Crippen LogP contribution in [0, 0.1) is 6.92 Å². The summed E-state index contributed by atoms with van der Waals surface area (Å²) in [7, 11) is 0. The highest BCUT2D eigenvalue weighted by atomic mass is 32.2. The SMILES string of the molecule is CSC[C@H](C)NC(=O)c1c(C)nc(C(C)(C)C)[nH]c1=O. The molecular weight excluding hydrogens is 274 g/mol. The van der Waals surface area contributed by atoms with Crippen molar-refractivity contribution >= 4 is 17.7 Å². The summed E-state index contributed by atoms with van der Waals surface area (Å²) in [4.78, 5) is 31.3. The van der Waals surface area contributed by atoms with E-state index in [0.717, 1.165) is 5.75 Å². The number of hydrogen-bond donors (Lipinski definition) is 2. The Morgan fingerprint density at radius 1 is 1.45 bits per heavy atom. The van der Waals surface area contributed by atoms with Crippen molar-refractivity contribution in [2.24, 2.45) is 0 Å². The molecule has 0 saturated carbocycles. The second kappa shape index (κ2) is 6.43. The summed E-state index contributed by atoms with van der Waals surface area (Å²) in [6.45, 7) is 9.49. The van der Waals surface area contributed by atoms with Crippen LogP contribution in [0.2, 0.25) is 0 Å². The van der Waals surface area contributed by atoms with Gasteiger partial charge in [-0.05, 0) is 20.1 Å². The second-order valence-electron chi connectivity index (χ2n) is 5.95. The molecule has 0 radical (unpaired) electrons. The maximum absolute atomic E-state index is 12.2. The summed E-state index contributed by atoms with van der Waals surface area (Å²) in [5.41, 5.74) is -0.0693. The molecule has 0 aliphatic rings. The number of carbonyl (C=O) groups is 1. The largest absolute Gasteiger partial charge is 0.349 e. The summed E-state index contributed by atoms with van der Waals surface area (Å²) < 4.78 is 0. The number of nitrogens with zero attached hydrogens (tertiary/aromatic N) is 1. The third-order valence-electron chi connectivity index (χ3n) is 2.83. The molecule has 1 aromatic rings. The van der Waals surface area contributed by atoms with Crippen LogP contribution < -0.4 is 10.9 Å². The van der Waals surface area contributed by atoms with Crippen LogP contribution in [-0.2, 0) is 5.41 Å². The van der Waals surface area contributed by atoms with Crippen LogP contribution in [0.5, 0.6) is 0 Å². The molecule has 0 unspecified atom stereocenters. The van der Waals surface area contributed by atoms with Gasteiger partial charge in [0.25, 0.3) is 11.5 Å². The highest BCUT2D eigenvalue weighted by molar-refractivity contribution is 7.98. The fraction of sp³-hybridized carbons (Fsp3) is 0.643. The van der Waals surface area contributed by atoms with Crippen molar-refractivity contribution in [3.8, 4) is 0 Å². The third kappa shape index (κ3) is 4.10. The zero-order chi connectivity index (χ0) is 15.5. The predicted octanol–water partition coefficient (Wildman–Crippen LogP) is 1.86.